The number of hydrogen-bond donors (Lipinski definition) is 0. The Morgan fingerprint density at radius 3 is 2.70 bits per heavy atom. The van der Waals surface area contributed by atoms with E-state index < -0.39 is 17.9 Å². The molecule has 1 fully saturated rings. The molecule has 2 aromatic rings. The van der Waals surface area contributed by atoms with Crippen molar-refractivity contribution in [3.63, 3.8) is 0 Å². The molecule has 3 aliphatic rings. The molecule has 0 spiro atoms. The maximum absolute atomic E-state index is 13.6. The molecule has 3 heterocycles. The van der Waals surface area contributed by atoms with E-state index in [1.165, 1.54) is 4.90 Å². The van der Waals surface area contributed by atoms with Crippen molar-refractivity contribution >= 4 is 45.7 Å². The summed E-state index contributed by atoms with van der Waals surface area (Å²) in [6.07, 6.45) is 3.19. The quantitative estimate of drug-likeness (QED) is 0.578. The molecule has 3 atom stereocenters. The fourth-order valence-corrected chi connectivity index (χ4v) is 5.99. The number of nitrogens with zero attached hydrogens (tertiary/aromatic N) is 2. The fraction of sp³-hybridized carbons (Fsp3) is 0.417. The van der Waals surface area contributed by atoms with Crippen LogP contribution < -0.4 is 4.90 Å². The van der Waals surface area contributed by atoms with Gasteiger partial charge in [-0.15, -0.1) is 0 Å². The van der Waals surface area contributed by atoms with E-state index >= 15 is 0 Å². The summed E-state index contributed by atoms with van der Waals surface area (Å²) in [6.45, 7) is 3.67. The van der Waals surface area contributed by atoms with E-state index in [-0.39, 0.29) is 30.2 Å². The number of amides is 1. The molecular weight excluding hydrogens is 464 g/mol. The molecule has 9 heteroatoms. The van der Waals surface area contributed by atoms with Crippen LogP contribution in [0.5, 0.6) is 0 Å². The van der Waals surface area contributed by atoms with Gasteiger partial charge in [0, 0.05) is 5.02 Å². The van der Waals surface area contributed by atoms with Gasteiger partial charge in [0.2, 0.25) is 0 Å². The van der Waals surface area contributed by atoms with Gasteiger partial charge in [-0.1, -0.05) is 41.5 Å². The summed E-state index contributed by atoms with van der Waals surface area (Å²) in [4.78, 5) is 46.0. The summed E-state index contributed by atoms with van der Waals surface area (Å²) in [6, 6.07) is 6.37. The Balaban J connectivity index is 1.62. The average Bonchev–Trinajstić information content (AvgIpc) is 3.32. The topological polar surface area (TPSA) is 85.8 Å². The highest BCUT2D eigenvalue weighted by atomic mass is 35.5. The number of esters is 1. The molecule has 3 unspecified atom stereocenters. The number of ether oxygens (including phenoxy) is 2. The molecule has 5 rings (SSSR count). The third-order valence-electron chi connectivity index (χ3n) is 6.40. The SMILES string of the molecule is CCOC(=O)c1sc(N2C(=O)C3=C(C(=O)C4CCCCC4O3)C2c2ccc(Cl)cc2)nc1C. The number of aromatic nitrogens is 1. The Hall–Kier alpha value is -2.71. The number of thiazole rings is 1. The average molecular weight is 487 g/mol. The lowest BCUT2D eigenvalue weighted by atomic mass is 9.77. The van der Waals surface area contributed by atoms with Crippen LogP contribution in [0.2, 0.25) is 5.02 Å². The number of rotatable bonds is 4. The first-order valence-electron chi connectivity index (χ1n) is 11.1. The minimum atomic E-state index is -0.694. The lowest BCUT2D eigenvalue weighted by Gasteiger charge is -2.35. The molecule has 1 amide bonds. The Labute approximate surface area is 200 Å². The van der Waals surface area contributed by atoms with Crippen LogP contribution in [-0.4, -0.2) is 35.4 Å². The van der Waals surface area contributed by atoms with Crippen LogP contribution in [0.1, 0.15) is 59.6 Å². The molecule has 1 aliphatic carbocycles. The van der Waals surface area contributed by atoms with Crippen molar-refractivity contribution in [1.29, 1.82) is 0 Å². The van der Waals surface area contributed by atoms with Crippen molar-refractivity contribution in [2.75, 3.05) is 11.5 Å². The third-order valence-corrected chi connectivity index (χ3v) is 7.79. The van der Waals surface area contributed by atoms with Crippen molar-refractivity contribution in [2.24, 2.45) is 5.92 Å². The molecule has 33 heavy (non-hydrogen) atoms. The van der Waals surface area contributed by atoms with Gasteiger partial charge in [-0.3, -0.25) is 14.5 Å². The number of benzene rings is 1. The number of anilines is 1. The number of halogens is 1. The standard InChI is InChI=1S/C24H23ClN2O5S/c1-3-31-23(30)21-12(2)26-24(33-21)27-18(13-8-10-14(25)11-9-13)17-19(28)15-6-4-5-7-16(15)32-20(17)22(27)29/h8-11,15-16,18H,3-7H2,1-2H3. The maximum Gasteiger partial charge on any atom is 0.350 e. The summed E-state index contributed by atoms with van der Waals surface area (Å²) in [5.41, 5.74) is 1.58. The Morgan fingerprint density at radius 1 is 1.24 bits per heavy atom. The van der Waals surface area contributed by atoms with Gasteiger partial charge in [-0.2, -0.15) is 0 Å². The zero-order chi connectivity index (χ0) is 23.3. The van der Waals surface area contributed by atoms with Gasteiger partial charge in [0.05, 0.1) is 29.8 Å². The van der Waals surface area contributed by atoms with E-state index in [1.807, 2.05) is 0 Å². The van der Waals surface area contributed by atoms with Crippen LogP contribution in [0.3, 0.4) is 0 Å². The van der Waals surface area contributed by atoms with Crippen LogP contribution in [-0.2, 0) is 19.1 Å². The van der Waals surface area contributed by atoms with Crippen LogP contribution >= 0.6 is 22.9 Å². The highest BCUT2D eigenvalue weighted by Gasteiger charge is 2.53. The number of ketones is 1. The molecule has 1 aromatic heterocycles. The minimum Gasteiger partial charge on any atom is -0.483 e. The van der Waals surface area contributed by atoms with Crippen molar-refractivity contribution < 1.29 is 23.9 Å². The van der Waals surface area contributed by atoms with E-state index in [0.29, 0.717) is 26.3 Å². The number of carbonyl (C=O) groups is 3. The predicted molar refractivity (Wildman–Crippen MR) is 123 cm³/mol. The highest BCUT2D eigenvalue weighted by Crippen LogP contribution is 2.49. The van der Waals surface area contributed by atoms with Crippen LogP contribution in [0.15, 0.2) is 35.6 Å². The van der Waals surface area contributed by atoms with E-state index in [4.69, 9.17) is 21.1 Å². The lowest BCUT2D eigenvalue weighted by Crippen LogP contribution is -2.39. The molecule has 7 nitrogen and oxygen atoms in total. The van der Waals surface area contributed by atoms with Crippen molar-refractivity contribution in [2.45, 2.75) is 51.7 Å². The first-order valence-corrected chi connectivity index (χ1v) is 12.3. The van der Waals surface area contributed by atoms with Crippen LogP contribution in [0.4, 0.5) is 5.13 Å². The predicted octanol–water partition coefficient (Wildman–Crippen LogP) is 4.78. The number of carbonyl (C=O) groups excluding carboxylic acids is 3. The van der Waals surface area contributed by atoms with E-state index in [1.54, 1.807) is 38.1 Å². The van der Waals surface area contributed by atoms with Crippen LogP contribution in [0, 0.1) is 12.8 Å². The van der Waals surface area contributed by atoms with E-state index in [2.05, 4.69) is 4.98 Å². The lowest BCUT2D eigenvalue weighted by molar-refractivity contribution is -0.131. The van der Waals surface area contributed by atoms with E-state index in [9.17, 15) is 14.4 Å². The smallest absolute Gasteiger partial charge is 0.350 e. The fourth-order valence-electron chi connectivity index (χ4n) is 4.87. The molecular formula is C24H23ClN2O5S. The second kappa shape index (κ2) is 8.57. The van der Waals surface area contributed by atoms with Gasteiger partial charge in [0.1, 0.15) is 11.0 Å². The molecule has 0 N–H and O–H groups in total. The van der Waals surface area contributed by atoms with Crippen molar-refractivity contribution in [3.05, 3.63) is 56.8 Å². The second-order valence-electron chi connectivity index (χ2n) is 8.41. The summed E-state index contributed by atoms with van der Waals surface area (Å²) >= 11 is 7.18. The van der Waals surface area contributed by atoms with Gasteiger partial charge in [0.15, 0.2) is 16.7 Å². The van der Waals surface area contributed by atoms with Gasteiger partial charge < -0.3 is 9.47 Å². The monoisotopic (exact) mass is 486 g/mol. The Morgan fingerprint density at radius 2 is 1.97 bits per heavy atom. The summed E-state index contributed by atoms with van der Waals surface area (Å²) in [7, 11) is 0. The summed E-state index contributed by atoms with van der Waals surface area (Å²) < 4.78 is 11.3. The van der Waals surface area contributed by atoms with E-state index in [0.717, 1.165) is 42.6 Å². The highest BCUT2D eigenvalue weighted by molar-refractivity contribution is 7.17. The third kappa shape index (κ3) is 3.65. The van der Waals surface area contributed by atoms with Crippen molar-refractivity contribution in [3.8, 4) is 0 Å². The molecule has 172 valence electrons. The zero-order valence-electron chi connectivity index (χ0n) is 18.3. The molecule has 0 radical (unpaired) electrons. The van der Waals surface area contributed by atoms with Crippen molar-refractivity contribution in [1.82, 2.24) is 4.98 Å². The molecule has 1 saturated carbocycles. The second-order valence-corrected chi connectivity index (χ2v) is 9.83. The van der Waals surface area contributed by atoms with Gasteiger partial charge in [-0.05, 0) is 50.8 Å². The van der Waals surface area contributed by atoms with Crippen LogP contribution in [0.25, 0.3) is 0 Å². The Bertz CT molecular complexity index is 1170. The molecule has 1 aromatic carbocycles. The first kappa shape index (κ1) is 22.1. The zero-order valence-corrected chi connectivity index (χ0v) is 19.9. The number of Topliss-reactive ketones (excluding diaryl/α,β-unsaturated/α-hetero) is 1. The molecule has 0 bridgehead atoms. The number of aryl methyl sites for hydroxylation is 1. The van der Waals surface area contributed by atoms with Gasteiger partial charge in [0.25, 0.3) is 5.91 Å². The number of fused-ring (bicyclic) bond motifs is 1. The normalized spacial score (nSPS) is 24.5. The Kier molecular flexibility index (Phi) is 5.74. The molecule has 0 saturated heterocycles. The van der Waals surface area contributed by atoms with Gasteiger partial charge >= 0.3 is 5.97 Å². The molecule has 2 aliphatic heterocycles. The summed E-state index contributed by atoms with van der Waals surface area (Å²) in [5.74, 6) is -1.06. The number of hydrogen-bond acceptors (Lipinski definition) is 7. The minimum absolute atomic E-state index is 0.0318. The maximum atomic E-state index is 13.6. The largest absolute Gasteiger partial charge is 0.483 e. The van der Waals surface area contributed by atoms with Gasteiger partial charge in [-0.25, -0.2) is 9.78 Å². The first-order chi connectivity index (χ1) is 15.9. The summed E-state index contributed by atoms with van der Waals surface area (Å²) in [5, 5.41) is 0.881.